The molecule has 0 saturated carbocycles. The second-order valence-corrected chi connectivity index (χ2v) is 24.7. The zero-order valence-electron chi connectivity index (χ0n) is 51.0. The number of ether oxygens (including phenoxy) is 1. The van der Waals surface area contributed by atoms with Crippen LogP contribution in [-0.2, 0) is 27.9 Å². The Morgan fingerprint density at radius 3 is 1.22 bits per heavy atom. The van der Waals surface area contributed by atoms with Crippen molar-refractivity contribution in [3.8, 4) is 0 Å². The van der Waals surface area contributed by atoms with Gasteiger partial charge in [0.1, 0.15) is 19.3 Å². The van der Waals surface area contributed by atoms with Crippen LogP contribution in [0.2, 0.25) is 0 Å². The van der Waals surface area contributed by atoms with Gasteiger partial charge in [-0.2, -0.15) is 0 Å². The average molecular weight is 1090 g/mol. The van der Waals surface area contributed by atoms with Gasteiger partial charge in [-0.15, -0.1) is 0 Å². The molecule has 0 aromatic heterocycles. The van der Waals surface area contributed by atoms with Crippen molar-refractivity contribution >= 4 is 19.7 Å². The lowest BCUT2D eigenvalue weighted by atomic mass is 10.0. The molecule has 0 aliphatic rings. The third-order valence-electron chi connectivity index (χ3n) is 14.5. The number of amides is 1. The Balaban J connectivity index is 5.05. The van der Waals surface area contributed by atoms with Gasteiger partial charge in [-0.3, -0.25) is 18.6 Å². The number of unbranched alkanes of at least 4 members (excludes halogenated alkanes) is 37. The van der Waals surface area contributed by atoms with Crippen LogP contribution in [-0.4, -0.2) is 74.3 Å². The maximum absolute atomic E-state index is 13.5. The van der Waals surface area contributed by atoms with Crippen molar-refractivity contribution in [1.29, 1.82) is 0 Å². The van der Waals surface area contributed by atoms with Gasteiger partial charge in [0.15, 0.2) is 0 Å². The van der Waals surface area contributed by atoms with Gasteiger partial charge in [-0.25, -0.2) is 4.57 Å². The molecule has 3 atom stereocenters. The number of quaternary nitrogens is 1. The monoisotopic (exact) mass is 1090 g/mol. The van der Waals surface area contributed by atoms with Crippen LogP contribution in [0.1, 0.15) is 310 Å². The van der Waals surface area contributed by atoms with E-state index in [-0.39, 0.29) is 25.1 Å². The molecule has 0 bridgehead atoms. The molecule has 0 aromatic carbocycles. The van der Waals surface area contributed by atoms with E-state index in [9.17, 15) is 19.0 Å². The molecule has 446 valence electrons. The van der Waals surface area contributed by atoms with E-state index in [2.05, 4.69) is 62.5 Å². The number of hydrogen-bond acceptors (Lipinski definition) is 6. The van der Waals surface area contributed by atoms with Crippen LogP contribution in [0.15, 0.2) is 48.6 Å². The number of carbonyl (C=O) groups is 2. The number of rotatable bonds is 59. The van der Waals surface area contributed by atoms with Crippen molar-refractivity contribution in [1.82, 2.24) is 5.32 Å². The summed E-state index contributed by atoms with van der Waals surface area (Å²) in [5.41, 5.74) is 0. The summed E-state index contributed by atoms with van der Waals surface area (Å²) in [5, 5.41) is 3.06. The normalized spacial score (nSPS) is 13.9. The minimum absolute atomic E-state index is 0.0417. The highest BCUT2D eigenvalue weighted by Gasteiger charge is 2.30. The summed E-state index contributed by atoms with van der Waals surface area (Å²) in [6.07, 6.45) is 69.7. The third-order valence-corrected chi connectivity index (χ3v) is 15.5. The van der Waals surface area contributed by atoms with E-state index >= 15 is 0 Å². The number of hydrogen-bond donors (Lipinski definition) is 2. The molecule has 76 heavy (non-hydrogen) atoms. The maximum Gasteiger partial charge on any atom is 0.472 e. The second kappa shape index (κ2) is 56.3. The van der Waals surface area contributed by atoms with Crippen LogP contribution in [0.3, 0.4) is 0 Å². The van der Waals surface area contributed by atoms with Gasteiger partial charge in [-0.1, -0.05) is 275 Å². The summed E-state index contributed by atoms with van der Waals surface area (Å²) in [7, 11) is 1.50. The number of nitrogens with one attached hydrogen (secondary N) is 1. The van der Waals surface area contributed by atoms with Crippen molar-refractivity contribution in [2.45, 2.75) is 322 Å². The third kappa shape index (κ3) is 56.7. The van der Waals surface area contributed by atoms with E-state index < -0.39 is 20.0 Å². The Hall–Kier alpha value is -2.03. The first-order valence-electron chi connectivity index (χ1n) is 32.5. The van der Waals surface area contributed by atoms with Gasteiger partial charge < -0.3 is 19.4 Å². The SMILES string of the molecule is CCCCC/C=C\C/C=C\C/C=C\CCCCCCCCCCCCCCC(=O)OC(/C=C\CCCCCCCCCCC)C(COP(=O)(O)OCC[N+](C)(C)C)NC(=O)CCCCCCCCCCCCCCCC. The van der Waals surface area contributed by atoms with Crippen LogP contribution in [0.4, 0.5) is 0 Å². The van der Waals surface area contributed by atoms with E-state index in [0.29, 0.717) is 23.9 Å². The lowest BCUT2D eigenvalue weighted by Gasteiger charge is -2.27. The number of nitrogens with zero attached hydrogens (tertiary/aromatic N) is 1. The summed E-state index contributed by atoms with van der Waals surface area (Å²) >= 11 is 0. The molecular formula is C66H126N2O7P+. The highest BCUT2D eigenvalue weighted by atomic mass is 31.2. The summed E-state index contributed by atoms with van der Waals surface area (Å²) in [4.78, 5) is 37.7. The molecule has 0 radical (unpaired) electrons. The number of carbonyl (C=O) groups excluding carboxylic acids is 2. The zero-order valence-corrected chi connectivity index (χ0v) is 51.9. The van der Waals surface area contributed by atoms with Crippen molar-refractivity contribution < 1.29 is 37.3 Å². The molecule has 10 heteroatoms. The number of allylic oxidation sites excluding steroid dienone is 7. The van der Waals surface area contributed by atoms with Crippen LogP contribution >= 0.6 is 7.82 Å². The number of phosphoric acid groups is 1. The van der Waals surface area contributed by atoms with Gasteiger partial charge in [0.05, 0.1) is 33.8 Å². The number of esters is 1. The first kappa shape index (κ1) is 74.0. The first-order valence-corrected chi connectivity index (χ1v) is 34.0. The molecule has 0 fully saturated rings. The molecule has 3 unspecified atom stereocenters. The molecular weight excluding hydrogens is 964 g/mol. The Bertz CT molecular complexity index is 1440. The number of phosphoric ester groups is 1. The Morgan fingerprint density at radius 1 is 0.461 bits per heavy atom. The zero-order chi connectivity index (χ0) is 55.7. The van der Waals surface area contributed by atoms with Crippen molar-refractivity contribution in [3.63, 3.8) is 0 Å². The fraction of sp³-hybridized carbons (Fsp3) is 0.848. The van der Waals surface area contributed by atoms with Crippen molar-refractivity contribution in [3.05, 3.63) is 48.6 Å². The smallest absolute Gasteiger partial charge is 0.456 e. The quantitative estimate of drug-likeness (QED) is 0.0205. The largest absolute Gasteiger partial charge is 0.472 e. The highest BCUT2D eigenvalue weighted by molar-refractivity contribution is 7.47. The van der Waals surface area contributed by atoms with Gasteiger partial charge in [0.2, 0.25) is 5.91 Å². The second-order valence-electron chi connectivity index (χ2n) is 23.3. The van der Waals surface area contributed by atoms with Gasteiger partial charge in [0, 0.05) is 12.8 Å². The molecule has 0 rings (SSSR count). The topological polar surface area (TPSA) is 111 Å². The fourth-order valence-electron chi connectivity index (χ4n) is 9.48. The summed E-state index contributed by atoms with van der Waals surface area (Å²) in [6, 6.07) is -0.845. The van der Waals surface area contributed by atoms with Gasteiger partial charge in [0.25, 0.3) is 0 Å². The van der Waals surface area contributed by atoms with Gasteiger partial charge >= 0.3 is 13.8 Å². The van der Waals surface area contributed by atoms with Crippen molar-refractivity contribution in [2.24, 2.45) is 0 Å². The maximum atomic E-state index is 13.5. The van der Waals surface area contributed by atoms with E-state index in [1.165, 1.54) is 205 Å². The molecule has 0 aliphatic carbocycles. The minimum Gasteiger partial charge on any atom is -0.456 e. The van der Waals surface area contributed by atoms with E-state index in [4.69, 9.17) is 13.8 Å². The summed E-state index contributed by atoms with van der Waals surface area (Å²) < 4.78 is 30.7. The van der Waals surface area contributed by atoms with Crippen LogP contribution in [0.25, 0.3) is 0 Å². The Kier molecular flexibility index (Phi) is 54.7. The molecule has 0 saturated heterocycles. The predicted molar refractivity (Wildman–Crippen MR) is 328 cm³/mol. The Morgan fingerprint density at radius 2 is 0.803 bits per heavy atom. The van der Waals surface area contributed by atoms with E-state index in [1.807, 2.05) is 33.3 Å². The van der Waals surface area contributed by atoms with Gasteiger partial charge in [-0.05, 0) is 70.3 Å². The molecule has 2 N–H and O–H groups in total. The molecule has 0 aromatic rings. The lowest BCUT2D eigenvalue weighted by molar-refractivity contribution is -0.870. The molecule has 0 spiro atoms. The molecule has 9 nitrogen and oxygen atoms in total. The van der Waals surface area contributed by atoms with E-state index in [1.54, 1.807) is 0 Å². The summed E-state index contributed by atoms with van der Waals surface area (Å²) in [5.74, 6) is -0.496. The fourth-order valence-corrected chi connectivity index (χ4v) is 10.2. The average Bonchev–Trinajstić information content (AvgIpc) is 3.38. The molecule has 0 aliphatic heterocycles. The first-order chi connectivity index (χ1) is 36.9. The molecule has 1 amide bonds. The predicted octanol–water partition coefficient (Wildman–Crippen LogP) is 20.1. The van der Waals surface area contributed by atoms with Crippen LogP contribution < -0.4 is 5.32 Å². The molecule has 0 heterocycles. The summed E-state index contributed by atoms with van der Waals surface area (Å²) in [6.45, 7) is 7.01. The minimum atomic E-state index is -4.44. The van der Waals surface area contributed by atoms with E-state index in [0.717, 1.165) is 70.6 Å². The lowest BCUT2D eigenvalue weighted by Crippen LogP contribution is -2.47. The number of likely N-dealkylation sites (N-methyl/N-ethyl adjacent to an activating group) is 1. The standard InChI is InChI=1S/C66H125N2O7P/c1-7-10-13-16-19-22-25-27-29-30-31-32-33-34-35-36-37-38-39-41-44-47-50-53-56-59-66(70)75-64(57-54-51-48-45-42-24-21-18-15-12-9-3)63(62-74-76(71,72)73-61-60-68(4,5)6)67-65(69)58-55-52-49-46-43-40-28-26-23-20-17-14-11-8-2/h19,22,27,29,31-32,54,57,63-64H,7-18,20-21,23-26,28,30,33-53,55-56,58-62H2,1-6H3,(H-,67,69,71,72)/p+1/b22-19-,29-27-,32-31-,57-54-. The van der Waals surface area contributed by atoms with Crippen LogP contribution in [0.5, 0.6) is 0 Å². The van der Waals surface area contributed by atoms with Crippen molar-refractivity contribution in [2.75, 3.05) is 40.9 Å². The Labute approximate surface area is 471 Å². The highest BCUT2D eigenvalue weighted by Crippen LogP contribution is 2.43. The van der Waals surface area contributed by atoms with Crippen LogP contribution in [0, 0.1) is 0 Å².